The number of phenolic OH excluding ortho intramolecular Hbond substituents is 1. The summed E-state index contributed by atoms with van der Waals surface area (Å²) in [4.78, 5) is 10.8. The van der Waals surface area contributed by atoms with Gasteiger partial charge in [0.15, 0.2) is 0 Å². The highest BCUT2D eigenvalue weighted by molar-refractivity contribution is 5.77. The number of aliphatic carboxylic acids is 1. The van der Waals surface area contributed by atoms with E-state index in [9.17, 15) is 9.90 Å². The van der Waals surface area contributed by atoms with E-state index in [-0.39, 0.29) is 11.7 Å². The molecule has 0 fully saturated rings. The summed E-state index contributed by atoms with van der Waals surface area (Å²) < 4.78 is 0. The van der Waals surface area contributed by atoms with Gasteiger partial charge in [0.2, 0.25) is 0 Å². The summed E-state index contributed by atoms with van der Waals surface area (Å²) in [5.74, 6) is -1.30. The number of hydrogen-bond donors (Lipinski definition) is 2. The first kappa shape index (κ1) is 11.6. The zero-order valence-corrected chi connectivity index (χ0v) is 9.19. The van der Waals surface area contributed by atoms with Crippen LogP contribution in [0.1, 0.15) is 43.7 Å². The van der Waals surface area contributed by atoms with Gasteiger partial charge in [-0.2, -0.15) is 0 Å². The van der Waals surface area contributed by atoms with Gasteiger partial charge in [0.25, 0.3) is 0 Å². The highest BCUT2D eigenvalue weighted by Gasteiger charge is 2.19. The minimum atomic E-state index is -0.925. The minimum Gasteiger partial charge on any atom is -0.507 e. The van der Waals surface area contributed by atoms with Crippen LogP contribution in [0.25, 0.3) is 0 Å². The van der Waals surface area contributed by atoms with E-state index in [0.29, 0.717) is 5.56 Å². The van der Waals surface area contributed by atoms with Crippen molar-refractivity contribution in [3.05, 3.63) is 29.3 Å². The molecule has 0 bridgehead atoms. The third kappa shape index (κ3) is 2.29. The fourth-order valence-corrected chi connectivity index (χ4v) is 1.53. The van der Waals surface area contributed by atoms with Gasteiger partial charge in [-0.25, -0.2) is 0 Å². The molecular formula is C12H16O3. The Balaban J connectivity index is 3.21. The van der Waals surface area contributed by atoms with Crippen molar-refractivity contribution in [1.82, 2.24) is 0 Å². The average Bonchev–Trinajstić information content (AvgIpc) is 2.16. The summed E-state index contributed by atoms with van der Waals surface area (Å²) >= 11 is 0. The van der Waals surface area contributed by atoms with Crippen molar-refractivity contribution in [3.8, 4) is 5.75 Å². The molecule has 1 rings (SSSR count). The lowest BCUT2D eigenvalue weighted by Crippen LogP contribution is -2.08. The maximum atomic E-state index is 10.8. The van der Waals surface area contributed by atoms with E-state index >= 15 is 0 Å². The van der Waals surface area contributed by atoms with Crippen molar-refractivity contribution in [2.75, 3.05) is 0 Å². The number of carbonyl (C=O) groups is 1. The number of aromatic hydroxyl groups is 1. The van der Waals surface area contributed by atoms with E-state index in [4.69, 9.17) is 5.11 Å². The quantitative estimate of drug-likeness (QED) is 0.802. The van der Waals surface area contributed by atoms with Crippen LogP contribution >= 0.6 is 0 Å². The topological polar surface area (TPSA) is 57.5 Å². The smallest absolute Gasteiger partial charge is 0.310 e. The molecule has 0 aliphatic heterocycles. The molecule has 0 amide bonds. The molecule has 3 heteroatoms. The van der Waals surface area contributed by atoms with E-state index in [0.717, 1.165) is 5.56 Å². The van der Waals surface area contributed by atoms with Gasteiger partial charge in [-0.05, 0) is 18.4 Å². The Morgan fingerprint density at radius 2 is 1.73 bits per heavy atom. The lowest BCUT2D eigenvalue weighted by molar-refractivity contribution is -0.138. The lowest BCUT2D eigenvalue weighted by Gasteiger charge is -2.14. The Hall–Kier alpha value is -1.51. The van der Waals surface area contributed by atoms with Gasteiger partial charge in [0.05, 0.1) is 5.92 Å². The Morgan fingerprint density at radius 3 is 2.20 bits per heavy atom. The molecule has 0 spiro atoms. The molecule has 1 atom stereocenters. The second kappa shape index (κ2) is 4.34. The van der Waals surface area contributed by atoms with Crippen molar-refractivity contribution in [1.29, 1.82) is 0 Å². The molecule has 0 heterocycles. The summed E-state index contributed by atoms with van der Waals surface area (Å²) in [6, 6.07) is 5.25. The first-order valence-electron chi connectivity index (χ1n) is 4.99. The van der Waals surface area contributed by atoms with E-state index < -0.39 is 11.9 Å². The number of para-hydroxylation sites is 1. The minimum absolute atomic E-state index is 0.113. The maximum absolute atomic E-state index is 10.8. The van der Waals surface area contributed by atoms with Crippen LogP contribution in [0.4, 0.5) is 0 Å². The first-order chi connectivity index (χ1) is 6.95. The van der Waals surface area contributed by atoms with Crippen molar-refractivity contribution < 1.29 is 15.0 Å². The molecule has 1 aromatic carbocycles. The monoisotopic (exact) mass is 208 g/mol. The van der Waals surface area contributed by atoms with Crippen LogP contribution in [0.15, 0.2) is 18.2 Å². The molecule has 0 unspecified atom stereocenters. The molecule has 3 nitrogen and oxygen atoms in total. The van der Waals surface area contributed by atoms with Crippen molar-refractivity contribution in [2.45, 2.75) is 32.6 Å². The summed E-state index contributed by atoms with van der Waals surface area (Å²) in [6.07, 6.45) is 0. The zero-order valence-electron chi connectivity index (χ0n) is 9.19. The van der Waals surface area contributed by atoms with Gasteiger partial charge in [-0.15, -0.1) is 0 Å². The van der Waals surface area contributed by atoms with Gasteiger partial charge >= 0.3 is 5.97 Å². The zero-order chi connectivity index (χ0) is 11.6. The number of carboxylic acid groups (broad SMARTS) is 1. The molecular weight excluding hydrogens is 192 g/mol. The SMILES string of the molecule is CC(C)c1cccc([C@@H](C)C(=O)O)c1O. The fourth-order valence-electron chi connectivity index (χ4n) is 1.53. The molecule has 1 aromatic rings. The Morgan fingerprint density at radius 1 is 1.20 bits per heavy atom. The second-order valence-electron chi connectivity index (χ2n) is 4.00. The van der Waals surface area contributed by atoms with Gasteiger partial charge in [0, 0.05) is 5.56 Å². The van der Waals surface area contributed by atoms with Crippen LogP contribution in [0.2, 0.25) is 0 Å². The molecule has 0 aliphatic rings. The highest BCUT2D eigenvalue weighted by atomic mass is 16.4. The van der Waals surface area contributed by atoms with Crippen LogP contribution in [-0.4, -0.2) is 16.2 Å². The van der Waals surface area contributed by atoms with Crippen LogP contribution in [0.3, 0.4) is 0 Å². The van der Waals surface area contributed by atoms with Crippen LogP contribution in [0.5, 0.6) is 5.75 Å². The average molecular weight is 208 g/mol. The number of rotatable bonds is 3. The molecule has 0 radical (unpaired) electrons. The molecule has 0 aromatic heterocycles. The third-order valence-corrected chi connectivity index (χ3v) is 2.56. The molecule has 0 saturated carbocycles. The number of benzene rings is 1. The van der Waals surface area contributed by atoms with E-state index in [1.54, 1.807) is 19.1 Å². The van der Waals surface area contributed by atoms with Crippen LogP contribution in [-0.2, 0) is 4.79 Å². The normalized spacial score (nSPS) is 12.8. The van der Waals surface area contributed by atoms with Crippen molar-refractivity contribution in [3.63, 3.8) is 0 Å². The van der Waals surface area contributed by atoms with Crippen molar-refractivity contribution in [2.24, 2.45) is 0 Å². The summed E-state index contributed by atoms with van der Waals surface area (Å²) in [7, 11) is 0. The summed E-state index contributed by atoms with van der Waals surface area (Å²) in [6.45, 7) is 5.50. The summed E-state index contributed by atoms with van der Waals surface area (Å²) in [5.41, 5.74) is 1.27. The highest BCUT2D eigenvalue weighted by Crippen LogP contribution is 2.33. The predicted octanol–water partition coefficient (Wildman–Crippen LogP) is 2.70. The van der Waals surface area contributed by atoms with Gasteiger partial charge in [-0.1, -0.05) is 32.0 Å². The van der Waals surface area contributed by atoms with E-state index in [1.165, 1.54) is 0 Å². The summed E-state index contributed by atoms with van der Waals surface area (Å²) in [5, 5.41) is 18.8. The largest absolute Gasteiger partial charge is 0.507 e. The maximum Gasteiger partial charge on any atom is 0.310 e. The van der Waals surface area contributed by atoms with E-state index in [1.807, 2.05) is 19.9 Å². The molecule has 0 saturated heterocycles. The standard InChI is InChI=1S/C12H16O3/c1-7(2)9-5-4-6-10(11(9)13)8(3)12(14)15/h4-8,13H,1-3H3,(H,14,15)/t8-/m1/s1. The fraction of sp³-hybridized carbons (Fsp3) is 0.417. The predicted molar refractivity (Wildman–Crippen MR) is 58.2 cm³/mol. The number of hydrogen-bond acceptors (Lipinski definition) is 2. The van der Waals surface area contributed by atoms with Gasteiger partial charge in [-0.3, -0.25) is 4.79 Å². The van der Waals surface area contributed by atoms with Gasteiger partial charge < -0.3 is 10.2 Å². The first-order valence-corrected chi connectivity index (χ1v) is 4.99. The molecule has 15 heavy (non-hydrogen) atoms. The number of carboxylic acids is 1. The third-order valence-electron chi connectivity index (χ3n) is 2.56. The number of phenols is 1. The van der Waals surface area contributed by atoms with Crippen LogP contribution in [0, 0.1) is 0 Å². The Labute approximate surface area is 89.4 Å². The lowest BCUT2D eigenvalue weighted by atomic mass is 9.93. The molecule has 0 aliphatic carbocycles. The second-order valence-corrected chi connectivity index (χ2v) is 4.00. The molecule has 2 N–H and O–H groups in total. The van der Waals surface area contributed by atoms with Crippen LogP contribution < -0.4 is 0 Å². The van der Waals surface area contributed by atoms with E-state index in [2.05, 4.69) is 0 Å². The molecule has 82 valence electrons. The Kier molecular flexibility index (Phi) is 3.35. The Bertz CT molecular complexity index is 369. The van der Waals surface area contributed by atoms with Crippen molar-refractivity contribution >= 4 is 5.97 Å². The van der Waals surface area contributed by atoms with Gasteiger partial charge in [0.1, 0.15) is 5.75 Å².